The molecule has 1 aromatic heterocycles. The Labute approximate surface area is 70.2 Å². The Kier molecular flexibility index (Phi) is 3.36. The van der Waals surface area contributed by atoms with Gasteiger partial charge in [0.1, 0.15) is 7.05 Å². The Morgan fingerprint density at radius 3 is 2.64 bits per heavy atom. The van der Waals surface area contributed by atoms with Gasteiger partial charge in [0.05, 0.1) is 6.67 Å². The molecule has 3 heteroatoms. The lowest BCUT2D eigenvalue weighted by molar-refractivity contribution is -0.671. The molecule has 0 N–H and O–H groups in total. The first-order valence-electron chi connectivity index (χ1n) is 3.47. The van der Waals surface area contributed by atoms with Crippen molar-refractivity contribution in [2.75, 3.05) is 12.4 Å². The molecule has 1 rings (SSSR count). The summed E-state index contributed by atoms with van der Waals surface area (Å²) in [6.45, 7) is -0.258. The summed E-state index contributed by atoms with van der Waals surface area (Å²) >= 11 is 1.54. The molecule has 0 aromatic carbocycles. The first-order chi connectivity index (χ1) is 5.33. The average molecular weight is 172 g/mol. The van der Waals surface area contributed by atoms with Gasteiger partial charge in [0.25, 0.3) is 0 Å². The second-order valence-electron chi connectivity index (χ2n) is 2.24. The molecule has 0 amide bonds. The molecule has 1 aromatic rings. The van der Waals surface area contributed by atoms with Crippen LogP contribution in [0.4, 0.5) is 4.39 Å². The minimum absolute atomic E-state index is 0.258. The molecule has 0 spiro atoms. The van der Waals surface area contributed by atoms with Crippen molar-refractivity contribution in [2.24, 2.45) is 7.05 Å². The third-order valence-corrected chi connectivity index (χ3v) is 2.26. The standard InChI is InChI=1S/C8H11FNS/c1-10-5-2-8(3-6-10)11-7-4-9/h2-3,5-6H,4,7H2,1H3/q+1. The SMILES string of the molecule is C[n+]1ccc(SCCF)cc1. The number of pyridine rings is 1. The van der Waals surface area contributed by atoms with Gasteiger partial charge in [-0.15, -0.1) is 11.8 Å². The molecule has 0 saturated heterocycles. The van der Waals surface area contributed by atoms with Crippen molar-refractivity contribution < 1.29 is 8.96 Å². The van der Waals surface area contributed by atoms with Crippen LogP contribution in [-0.2, 0) is 7.05 Å². The topological polar surface area (TPSA) is 3.88 Å². The summed E-state index contributed by atoms with van der Waals surface area (Å²) in [5.41, 5.74) is 0. The Morgan fingerprint density at radius 2 is 2.09 bits per heavy atom. The fourth-order valence-corrected chi connectivity index (χ4v) is 1.37. The van der Waals surface area contributed by atoms with E-state index in [1.54, 1.807) is 11.8 Å². The van der Waals surface area contributed by atoms with Crippen molar-refractivity contribution in [1.82, 2.24) is 0 Å². The molecule has 60 valence electrons. The van der Waals surface area contributed by atoms with E-state index in [0.717, 1.165) is 4.90 Å². The van der Waals surface area contributed by atoms with E-state index >= 15 is 0 Å². The molecule has 0 bridgehead atoms. The van der Waals surface area contributed by atoms with Crippen molar-refractivity contribution in [2.45, 2.75) is 4.90 Å². The maximum atomic E-state index is 11.7. The molecule has 0 saturated carbocycles. The van der Waals surface area contributed by atoms with Gasteiger partial charge in [0, 0.05) is 22.8 Å². The van der Waals surface area contributed by atoms with E-state index < -0.39 is 0 Å². The van der Waals surface area contributed by atoms with E-state index in [9.17, 15) is 4.39 Å². The molecule has 0 radical (unpaired) electrons. The Morgan fingerprint density at radius 1 is 1.45 bits per heavy atom. The van der Waals surface area contributed by atoms with Gasteiger partial charge in [-0.05, 0) is 0 Å². The van der Waals surface area contributed by atoms with Crippen LogP contribution in [0.1, 0.15) is 0 Å². The molecule has 0 aliphatic rings. The fourth-order valence-electron chi connectivity index (χ4n) is 0.740. The number of nitrogens with zero attached hydrogens (tertiary/aromatic N) is 1. The maximum absolute atomic E-state index is 11.7. The Balaban J connectivity index is 2.52. The van der Waals surface area contributed by atoms with Crippen LogP contribution >= 0.6 is 11.8 Å². The quantitative estimate of drug-likeness (QED) is 0.494. The van der Waals surface area contributed by atoms with Gasteiger partial charge in [-0.25, -0.2) is 4.57 Å². The lowest BCUT2D eigenvalue weighted by atomic mass is 10.5. The van der Waals surface area contributed by atoms with Crippen molar-refractivity contribution in [1.29, 1.82) is 0 Å². The molecule has 0 atom stereocenters. The number of alkyl halides is 1. The van der Waals surface area contributed by atoms with Crippen LogP contribution in [0.3, 0.4) is 0 Å². The van der Waals surface area contributed by atoms with Gasteiger partial charge >= 0.3 is 0 Å². The largest absolute Gasteiger partial charge is 0.250 e. The molecule has 11 heavy (non-hydrogen) atoms. The van der Waals surface area contributed by atoms with E-state index in [2.05, 4.69) is 0 Å². The van der Waals surface area contributed by atoms with E-state index in [-0.39, 0.29) is 6.67 Å². The normalized spacial score (nSPS) is 10.0. The van der Waals surface area contributed by atoms with Gasteiger partial charge in [0.15, 0.2) is 12.4 Å². The molecule has 0 unspecified atom stereocenters. The minimum atomic E-state index is -0.258. The Hall–Kier alpha value is -0.570. The lowest BCUT2D eigenvalue weighted by Crippen LogP contribution is -2.25. The maximum Gasteiger partial charge on any atom is 0.169 e. The molecular weight excluding hydrogens is 161 g/mol. The predicted octanol–water partition coefficient (Wildman–Crippen LogP) is 1.57. The van der Waals surface area contributed by atoms with E-state index in [0.29, 0.717) is 5.75 Å². The summed E-state index contributed by atoms with van der Waals surface area (Å²) in [5.74, 6) is 0.549. The zero-order chi connectivity index (χ0) is 8.10. The van der Waals surface area contributed by atoms with Crippen LogP contribution in [0.2, 0.25) is 0 Å². The number of rotatable bonds is 3. The zero-order valence-electron chi connectivity index (χ0n) is 6.46. The summed E-state index contributed by atoms with van der Waals surface area (Å²) in [5, 5.41) is 0. The first-order valence-corrected chi connectivity index (χ1v) is 4.45. The molecule has 1 heterocycles. The molecular formula is C8H11FNS+. The van der Waals surface area contributed by atoms with E-state index in [1.807, 2.05) is 36.1 Å². The molecule has 0 aliphatic carbocycles. The van der Waals surface area contributed by atoms with Gasteiger partial charge in [-0.3, -0.25) is 4.39 Å². The zero-order valence-corrected chi connectivity index (χ0v) is 7.27. The Bertz CT molecular complexity index is 210. The number of hydrogen-bond acceptors (Lipinski definition) is 1. The van der Waals surface area contributed by atoms with Gasteiger partial charge in [0.2, 0.25) is 0 Å². The second kappa shape index (κ2) is 4.34. The third-order valence-electron chi connectivity index (χ3n) is 1.29. The van der Waals surface area contributed by atoms with Crippen LogP contribution in [0.15, 0.2) is 29.4 Å². The number of hydrogen-bond donors (Lipinski definition) is 0. The predicted molar refractivity (Wildman–Crippen MR) is 44.3 cm³/mol. The average Bonchev–Trinajstić information content (AvgIpc) is 2.04. The van der Waals surface area contributed by atoms with E-state index in [1.165, 1.54) is 0 Å². The smallest absolute Gasteiger partial charge is 0.169 e. The number of thioether (sulfide) groups is 1. The first kappa shape index (κ1) is 8.53. The second-order valence-corrected chi connectivity index (χ2v) is 3.41. The van der Waals surface area contributed by atoms with Crippen LogP contribution in [0, 0.1) is 0 Å². The molecule has 1 nitrogen and oxygen atoms in total. The molecule has 0 aliphatic heterocycles. The van der Waals surface area contributed by atoms with Crippen LogP contribution in [-0.4, -0.2) is 12.4 Å². The van der Waals surface area contributed by atoms with Crippen molar-refractivity contribution in [3.05, 3.63) is 24.5 Å². The van der Waals surface area contributed by atoms with Gasteiger partial charge in [-0.1, -0.05) is 0 Å². The highest BCUT2D eigenvalue weighted by atomic mass is 32.2. The highest BCUT2D eigenvalue weighted by Crippen LogP contribution is 2.14. The fraction of sp³-hybridized carbons (Fsp3) is 0.375. The monoisotopic (exact) mass is 172 g/mol. The summed E-state index contributed by atoms with van der Waals surface area (Å²) in [6.07, 6.45) is 3.92. The van der Waals surface area contributed by atoms with Crippen molar-refractivity contribution >= 4 is 11.8 Å². The van der Waals surface area contributed by atoms with Crippen molar-refractivity contribution in [3.63, 3.8) is 0 Å². The van der Waals surface area contributed by atoms with E-state index in [4.69, 9.17) is 0 Å². The van der Waals surface area contributed by atoms with Crippen LogP contribution < -0.4 is 4.57 Å². The highest BCUT2D eigenvalue weighted by Gasteiger charge is 1.95. The van der Waals surface area contributed by atoms with Gasteiger partial charge < -0.3 is 0 Å². The summed E-state index contributed by atoms with van der Waals surface area (Å²) in [7, 11) is 1.96. The minimum Gasteiger partial charge on any atom is -0.250 e. The summed E-state index contributed by atoms with van der Waals surface area (Å²) in [6, 6.07) is 3.97. The lowest BCUT2D eigenvalue weighted by Gasteiger charge is -1.94. The molecule has 0 fully saturated rings. The number of aryl methyl sites for hydroxylation is 1. The highest BCUT2D eigenvalue weighted by molar-refractivity contribution is 7.99. The van der Waals surface area contributed by atoms with Gasteiger partial charge in [-0.2, -0.15) is 0 Å². The summed E-state index contributed by atoms with van der Waals surface area (Å²) < 4.78 is 13.7. The third kappa shape index (κ3) is 2.89. The summed E-state index contributed by atoms with van der Waals surface area (Å²) in [4.78, 5) is 1.13. The number of aromatic nitrogens is 1. The number of halogens is 1. The van der Waals surface area contributed by atoms with Crippen LogP contribution in [0.5, 0.6) is 0 Å². The van der Waals surface area contributed by atoms with Crippen LogP contribution in [0.25, 0.3) is 0 Å². The van der Waals surface area contributed by atoms with Crippen molar-refractivity contribution in [3.8, 4) is 0 Å².